The lowest BCUT2D eigenvalue weighted by molar-refractivity contribution is -0.0728. The molecule has 2 aromatic rings. The van der Waals surface area contributed by atoms with Gasteiger partial charge >= 0.3 is 6.03 Å². The maximum Gasteiger partial charge on any atom is 0.325 e. The van der Waals surface area contributed by atoms with Crippen molar-refractivity contribution in [3.8, 4) is 11.9 Å². The number of rotatable bonds is 6. The second kappa shape index (κ2) is 7.99. The van der Waals surface area contributed by atoms with Gasteiger partial charge in [0.25, 0.3) is 0 Å². The Morgan fingerprint density at radius 3 is 2.55 bits per heavy atom. The van der Waals surface area contributed by atoms with E-state index in [0.717, 1.165) is 19.4 Å². The zero-order valence-corrected chi connectivity index (χ0v) is 19.5. The molecule has 0 radical (unpaired) electrons. The molecule has 0 N–H and O–H groups in total. The van der Waals surface area contributed by atoms with Crippen LogP contribution in [0.25, 0.3) is 0 Å². The number of urea groups is 1. The first-order valence-corrected chi connectivity index (χ1v) is 11.6. The van der Waals surface area contributed by atoms with Crippen molar-refractivity contribution in [3.63, 3.8) is 0 Å². The van der Waals surface area contributed by atoms with Crippen molar-refractivity contribution in [1.82, 2.24) is 19.8 Å². The smallest absolute Gasteiger partial charge is 0.325 e. The Morgan fingerprint density at radius 1 is 1.24 bits per heavy atom. The van der Waals surface area contributed by atoms with Crippen molar-refractivity contribution in [2.24, 2.45) is 5.92 Å². The largest absolute Gasteiger partial charge is 0.479 e. The monoisotopic (exact) mass is 446 g/mol. The quantitative estimate of drug-likeness (QED) is 0.676. The second-order valence-corrected chi connectivity index (χ2v) is 9.85. The van der Waals surface area contributed by atoms with Crippen LogP contribution < -0.4 is 9.64 Å². The van der Waals surface area contributed by atoms with Crippen molar-refractivity contribution in [3.05, 3.63) is 47.9 Å². The molecule has 8 heteroatoms. The van der Waals surface area contributed by atoms with Crippen LogP contribution in [-0.4, -0.2) is 65.6 Å². The molecule has 1 aromatic carbocycles. The molecule has 1 spiro atoms. The Kier molecular flexibility index (Phi) is 5.25. The number of nitrogens with zero attached hydrogens (tertiary/aromatic N) is 6. The number of benzene rings is 1. The normalized spacial score (nSPS) is 26.9. The summed E-state index contributed by atoms with van der Waals surface area (Å²) in [6, 6.07) is 12.5. The summed E-state index contributed by atoms with van der Waals surface area (Å²) in [5.41, 5.74) is 1.44. The van der Waals surface area contributed by atoms with Crippen LogP contribution in [0, 0.1) is 17.2 Å². The van der Waals surface area contributed by atoms with E-state index in [4.69, 9.17) is 10.00 Å². The highest BCUT2D eigenvalue weighted by Crippen LogP contribution is 2.57. The zero-order valence-electron chi connectivity index (χ0n) is 19.5. The summed E-state index contributed by atoms with van der Waals surface area (Å²) in [5.74, 6) is 0.857. The summed E-state index contributed by atoms with van der Waals surface area (Å²) in [4.78, 5) is 28.3. The third kappa shape index (κ3) is 3.34. The van der Waals surface area contributed by atoms with E-state index < -0.39 is 0 Å². The molecule has 3 fully saturated rings. The fraction of sp³-hybridized carbons (Fsp3) is 0.520. The van der Waals surface area contributed by atoms with Crippen LogP contribution in [0.3, 0.4) is 0 Å². The number of ether oxygens (including phenoxy) is 1. The molecule has 0 unspecified atom stereocenters. The lowest BCUT2D eigenvalue weighted by Crippen LogP contribution is -2.68. The lowest BCUT2D eigenvalue weighted by Gasteiger charge is -2.61. The van der Waals surface area contributed by atoms with Gasteiger partial charge in [-0.05, 0) is 51.3 Å². The number of hydrogen-bond donors (Lipinski definition) is 0. The highest BCUT2D eigenvalue weighted by molar-refractivity contribution is 5.96. The molecule has 8 nitrogen and oxygen atoms in total. The summed E-state index contributed by atoms with van der Waals surface area (Å²) >= 11 is 0. The summed E-state index contributed by atoms with van der Waals surface area (Å²) in [7, 11) is 5.76. The first-order valence-electron chi connectivity index (χ1n) is 11.6. The predicted molar refractivity (Wildman–Crippen MR) is 124 cm³/mol. The van der Waals surface area contributed by atoms with Crippen LogP contribution in [0.5, 0.6) is 5.88 Å². The van der Waals surface area contributed by atoms with E-state index in [-0.39, 0.29) is 28.8 Å². The van der Waals surface area contributed by atoms with Gasteiger partial charge in [-0.3, -0.25) is 9.80 Å². The third-order valence-electron chi connectivity index (χ3n) is 7.88. The molecule has 1 saturated heterocycles. The van der Waals surface area contributed by atoms with E-state index in [1.807, 2.05) is 12.1 Å². The first kappa shape index (κ1) is 21.7. The van der Waals surface area contributed by atoms with Gasteiger partial charge in [-0.15, -0.1) is 0 Å². The van der Waals surface area contributed by atoms with E-state index in [2.05, 4.69) is 58.1 Å². The average molecular weight is 447 g/mol. The van der Waals surface area contributed by atoms with E-state index in [1.54, 1.807) is 4.90 Å². The van der Waals surface area contributed by atoms with Gasteiger partial charge in [0.15, 0.2) is 0 Å². The number of carbonyl (C=O) groups is 1. The van der Waals surface area contributed by atoms with E-state index in [9.17, 15) is 4.79 Å². The van der Waals surface area contributed by atoms with E-state index >= 15 is 0 Å². The first-order chi connectivity index (χ1) is 15.9. The molecule has 1 aromatic heterocycles. The fourth-order valence-corrected chi connectivity index (χ4v) is 5.81. The minimum atomic E-state index is -0.258. The number of aromatic nitrogens is 2. The van der Waals surface area contributed by atoms with Gasteiger partial charge in [0.05, 0.1) is 30.9 Å². The minimum absolute atomic E-state index is 0.0195. The molecule has 2 saturated carbocycles. The predicted octanol–water partition coefficient (Wildman–Crippen LogP) is 3.39. The molecule has 2 heterocycles. The summed E-state index contributed by atoms with van der Waals surface area (Å²) < 4.78 is 5.44. The van der Waals surface area contributed by atoms with Crippen LogP contribution >= 0.6 is 0 Å². The Labute approximate surface area is 194 Å². The Hall–Kier alpha value is -3.18. The fourth-order valence-electron chi connectivity index (χ4n) is 5.81. The van der Waals surface area contributed by atoms with Gasteiger partial charge in [0.2, 0.25) is 11.7 Å². The number of hydrogen-bond acceptors (Lipinski definition) is 6. The average Bonchev–Trinajstić information content (AvgIpc) is 3.06. The molecular formula is C25H30N6O2. The van der Waals surface area contributed by atoms with Gasteiger partial charge in [0, 0.05) is 6.54 Å². The minimum Gasteiger partial charge on any atom is -0.479 e. The molecule has 5 rings (SSSR count). The van der Waals surface area contributed by atoms with E-state index in [1.165, 1.54) is 38.1 Å². The lowest BCUT2D eigenvalue weighted by atomic mass is 9.58. The Bertz CT molecular complexity index is 1090. The van der Waals surface area contributed by atoms with Crippen LogP contribution in [0.15, 0.2) is 36.5 Å². The van der Waals surface area contributed by atoms with Crippen molar-refractivity contribution >= 4 is 11.7 Å². The zero-order chi connectivity index (χ0) is 23.2. The van der Waals surface area contributed by atoms with Gasteiger partial charge < -0.3 is 9.64 Å². The molecule has 2 aliphatic carbocycles. The standard InChI is InChI=1S/C25H30N6O2/c1-29(2)25(19-10-5-4-6-11-19)15-24(16-25)17-30(23(32)31(24)14-18-8-7-9-18)20-13-27-21(12-26)28-22(20)33-3/h4-6,10-11,13,18H,7-9,14-17H2,1-3H3/t24-,25+. The maximum absolute atomic E-state index is 13.8. The van der Waals surface area contributed by atoms with Crippen LogP contribution in [0.1, 0.15) is 43.5 Å². The number of carbonyl (C=O) groups excluding carboxylic acids is 1. The number of anilines is 1. The highest BCUT2D eigenvalue weighted by Gasteiger charge is 2.65. The molecule has 33 heavy (non-hydrogen) atoms. The summed E-state index contributed by atoms with van der Waals surface area (Å²) in [5, 5.41) is 9.16. The van der Waals surface area contributed by atoms with Crippen LogP contribution in [-0.2, 0) is 5.54 Å². The van der Waals surface area contributed by atoms with Crippen molar-refractivity contribution < 1.29 is 9.53 Å². The maximum atomic E-state index is 13.8. The molecule has 3 aliphatic rings. The molecular weight excluding hydrogens is 416 g/mol. The van der Waals surface area contributed by atoms with Crippen LogP contribution in [0.2, 0.25) is 0 Å². The van der Waals surface area contributed by atoms with Crippen molar-refractivity contribution in [2.45, 2.75) is 43.2 Å². The van der Waals surface area contributed by atoms with Crippen molar-refractivity contribution in [2.75, 3.05) is 39.2 Å². The SMILES string of the molecule is COc1nc(C#N)ncc1N1C[C@]2(C[C@](c3ccccc3)(N(C)C)C2)N(CC2CCC2)C1=O. The molecule has 2 amide bonds. The number of nitriles is 1. The number of amides is 2. The van der Waals surface area contributed by atoms with Gasteiger partial charge in [-0.25, -0.2) is 9.78 Å². The topological polar surface area (TPSA) is 85.6 Å². The highest BCUT2D eigenvalue weighted by atomic mass is 16.5. The van der Waals surface area contributed by atoms with Gasteiger partial charge in [0.1, 0.15) is 11.8 Å². The van der Waals surface area contributed by atoms with Crippen molar-refractivity contribution in [1.29, 1.82) is 5.26 Å². The molecule has 1 aliphatic heterocycles. The third-order valence-corrected chi connectivity index (χ3v) is 7.88. The van der Waals surface area contributed by atoms with Gasteiger partial charge in [-0.1, -0.05) is 36.8 Å². The Balaban J connectivity index is 1.50. The molecule has 0 atom stereocenters. The summed E-state index contributed by atoms with van der Waals surface area (Å²) in [6.07, 6.45) is 6.88. The van der Waals surface area contributed by atoms with Gasteiger partial charge in [-0.2, -0.15) is 10.2 Å². The molecule has 0 bridgehead atoms. The van der Waals surface area contributed by atoms with Crippen LogP contribution in [0.4, 0.5) is 10.5 Å². The van der Waals surface area contributed by atoms with E-state index in [0.29, 0.717) is 18.2 Å². The number of methoxy groups -OCH3 is 1. The Morgan fingerprint density at radius 2 is 1.97 bits per heavy atom. The second-order valence-electron chi connectivity index (χ2n) is 9.85. The summed E-state index contributed by atoms with van der Waals surface area (Å²) in [6.45, 7) is 1.35. The molecule has 172 valence electrons.